The predicted molar refractivity (Wildman–Crippen MR) is 314 cm³/mol. The zero-order valence-corrected chi connectivity index (χ0v) is 44.2. The molecule has 0 spiro atoms. The molecule has 2 aromatic heterocycles. The van der Waals surface area contributed by atoms with E-state index in [-0.39, 0.29) is 72.6 Å². The van der Waals surface area contributed by atoms with Crippen molar-refractivity contribution in [2.45, 2.75) is 6.18 Å². The highest BCUT2D eigenvalue weighted by Gasteiger charge is 2.36. The fourth-order valence-corrected chi connectivity index (χ4v) is 11.4. The molecule has 0 bridgehead atoms. The van der Waals surface area contributed by atoms with Crippen LogP contribution < -0.4 is 0 Å². The summed E-state index contributed by atoms with van der Waals surface area (Å²) in [5.74, 6) is 0. The largest absolute Gasteiger partial charge is 0.417 e. The summed E-state index contributed by atoms with van der Waals surface area (Å²) in [6.45, 7) is 0. The van der Waals surface area contributed by atoms with Gasteiger partial charge in [0, 0.05) is 32.7 Å². The SMILES string of the molecule is N#Cc1cc(C#N)cc(-c2ccc3c4ccc(-c5cc(C#N)cc(C#N)c5)cc4n(-c4cc(C#N)c(-c5c(C#N)cccc5C(F)(F)F)cc4-n4c5cc(-c6cc(C#N)cc(C#N)c6)ccc5c5ccc(-c6cc(C#N)cc(C#N)c6)cc54)c3c2)c1. The van der Waals surface area contributed by atoms with Gasteiger partial charge in [-0.15, -0.1) is 0 Å². The van der Waals surface area contributed by atoms with Crippen molar-refractivity contribution >= 4 is 43.6 Å². The normalized spacial score (nSPS) is 10.8. The maximum absolute atomic E-state index is 15.5. The van der Waals surface area contributed by atoms with Crippen LogP contribution in [-0.2, 0) is 6.18 Å². The van der Waals surface area contributed by atoms with Crippen LogP contribution in [0.5, 0.6) is 0 Å². The molecule has 0 amide bonds. The molecule has 394 valence electrons. The zero-order valence-electron chi connectivity index (χ0n) is 44.2. The second-order valence-electron chi connectivity index (χ2n) is 20.0. The van der Waals surface area contributed by atoms with Crippen molar-refractivity contribution in [2.24, 2.45) is 0 Å². The third-order valence-corrected chi connectivity index (χ3v) is 15.1. The van der Waals surface area contributed by atoms with Crippen LogP contribution in [-0.4, -0.2) is 9.13 Å². The van der Waals surface area contributed by atoms with Crippen LogP contribution in [0.1, 0.15) is 61.2 Å². The van der Waals surface area contributed by atoms with Crippen molar-refractivity contribution in [2.75, 3.05) is 0 Å². The quantitative estimate of drug-likeness (QED) is 0.146. The fraction of sp³-hybridized carbons (Fsp3) is 0.0141. The molecule has 12 rings (SSSR count). The van der Waals surface area contributed by atoms with Crippen molar-refractivity contribution in [1.82, 2.24) is 9.13 Å². The monoisotopic (exact) mass is 1110 g/mol. The summed E-state index contributed by atoms with van der Waals surface area (Å²) in [5.41, 5.74) is 5.33. The smallest absolute Gasteiger partial charge is 0.307 e. The number of benzene rings is 10. The second-order valence-corrected chi connectivity index (χ2v) is 20.0. The molecule has 0 saturated carbocycles. The first-order chi connectivity index (χ1) is 41.7. The van der Waals surface area contributed by atoms with E-state index in [1.165, 1.54) is 42.5 Å². The van der Waals surface area contributed by atoms with Crippen LogP contribution in [0, 0.1) is 113 Å². The van der Waals surface area contributed by atoms with E-state index in [9.17, 15) is 52.6 Å². The van der Waals surface area contributed by atoms with E-state index in [2.05, 4.69) is 54.6 Å². The van der Waals surface area contributed by atoms with E-state index in [0.29, 0.717) is 88.1 Å². The minimum Gasteiger partial charge on any atom is -0.307 e. The molecule has 12 aromatic rings. The second kappa shape index (κ2) is 20.9. The molecule has 15 heteroatoms. The Morgan fingerprint density at radius 2 is 0.570 bits per heavy atom. The lowest BCUT2D eigenvalue weighted by molar-refractivity contribution is -0.137. The topological polar surface area (TPSA) is 248 Å². The summed E-state index contributed by atoms with van der Waals surface area (Å²) < 4.78 is 50.3. The zero-order chi connectivity index (χ0) is 60.1. The first-order valence-electron chi connectivity index (χ1n) is 25.9. The Morgan fingerprint density at radius 3 is 0.837 bits per heavy atom. The maximum atomic E-state index is 15.5. The van der Waals surface area contributed by atoms with Crippen molar-refractivity contribution in [3.63, 3.8) is 0 Å². The van der Waals surface area contributed by atoms with Gasteiger partial charge in [-0.3, -0.25) is 0 Å². The standard InChI is InChI=1S/C71H29F3N12/c72-71(73,74)63-3-1-2-52(38-83)70(63)62-29-69(86-66-26-50(55-20-44(34-79)14-45(21-55)35-80)6-10-60(66)61-11-7-51(27-67(61)86)56-22-46(36-81)15-47(23-56)37-82)68(28-57(62)39-84)85-64-24-48(53-16-40(30-75)12-41(17-53)31-76)4-8-58(64)59-9-5-49(25-65(59)85)54-18-42(32-77)13-43(19-54)33-78/h1-29H. The molecule has 0 aliphatic carbocycles. The molecule has 12 nitrogen and oxygen atoms in total. The van der Waals surface area contributed by atoms with Crippen LogP contribution in [0.25, 0.3) is 111 Å². The molecule has 0 aliphatic rings. The Hall–Kier alpha value is -13.5. The lowest BCUT2D eigenvalue weighted by atomic mass is 9.90. The Kier molecular flexibility index (Phi) is 12.9. The number of aromatic nitrogens is 2. The van der Waals surface area contributed by atoms with E-state index in [4.69, 9.17) is 0 Å². The Balaban J connectivity index is 1.31. The van der Waals surface area contributed by atoms with Gasteiger partial charge in [-0.2, -0.15) is 65.8 Å². The average Bonchev–Trinajstić information content (AvgIpc) is 1.57. The summed E-state index contributed by atoms with van der Waals surface area (Å²) in [4.78, 5) is 0. The van der Waals surface area contributed by atoms with Crippen molar-refractivity contribution < 1.29 is 13.2 Å². The van der Waals surface area contributed by atoms with E-state index in [0.717, 1.165) is 12.1 Å². The van der Waals surface area contributed by atoms with Gasteiger partial charge in [0.15, 0.2) is 0 Å². The third kappa shape index (κ3) is 9.00. The van der Waals surface area contributed by atoms with Gasteiger partial charge in [0.25, 0.3) is 0 Å². The van der Waals surface area contributed by atoms with Gasteiger partial charge in [-0.1, -0.05) is 54.6 Å². The van der Waals surface area contributed by atoms with E-state index in [1.807, 2.05) is 88.0 Å². The Morgan fingerprint density at radius 1 is 0.279 bits per heavy atom. The number of fused-ring (bicyclic) bond motifs is 6. The molecule has 0 aliphatic heterocycles. The molecule has 0 atom stereocenters. The van der Waals surface area contributed by atoms with Crippen molar-refractivity contribution in [1.29, 1.82) is 52.6 Å². The molecule has 0 saturated heterocycles. The van der Waals surface area contributed by atoms with Crippen molar-refractivity contribution in [3.05, 3.63) is 237 Å². The number of hydrogen-bond donors (Lipinski definition) is 0. The molecular weight excluding hydrogens is 1080 g/mol. The molecule has 0 fully saturated rings. The number of alkyl halides is 3. The van der Waals surface area contributed by atoms with Gasteiger partial charge < -0.3 is 9.13 Å². The number of rotatable bonds is 7. The van der Waals surface area contributed by atoms with E-state index >= 15 is 13.2 Å². The van der Waals surface area contributed by atoms with E-state index in [1.54, 1.807) is 48.5 Å². The summed E-state index contributed by atoms with van der Waals surface area (Å²) in [6, 6.07) is 68.0. The van der Waals surface area contributed by atoms with Crippen LogP contribution >= 0.6 is 0 Å². The highest BCUT2D eigenvalue weighted by molar-refractivity contribution is 6.14. The van der Waals surface area contributed by atoms with E-state index < -0.39 is 17.3 Å². The molecule has 0 N–H and O–H groups in total. The minimum absolute atomic E-state index is 0.159. The number of nitriles is 10. The molecule has 0 radical (unpaired) electrons. The number of halogens is 3. The maximum Gasteiger partial charge on any atom is 0.417 e. The van der Waals surface area contributed by atoms with Gasteiger partial charge in [0.2, 0.25) is 0 Å². The Bertz CT molecular complexity index is 5100. The third-order valence-electron chi connectivity index (χ3n) is 15.1. The highest BCUT2D eigenvalue weighted by Crippen LogP contribution is 2.47. The van der Waals surface area contributed by atoms with Crippen LogP contribution in [0.3, 0.4) is 0 Å². The van der Waals surface area contributed by atoms with Crippen molar-refractivity contribution in [3.8, 4) is 128 Å². The van der Waals surface area contributed by atoms with Crippen LogP contribution in [0.2, 0.25) is 0 Å². The highest BCUT2D eigenvalue weighted by atomic mass is 19.4. The van der Waals surface area contributed by atoms with Gasteiger partial charge in [0.05, 0.1) is 155 Å². The molecular formula is C71H29F3N12. The first kappa shape index (κ1) is 53.1. The summed E-state index contributed by atoms with van der Waals surface area (Å²) >= 11 is 0. The van der Waals surface area contributed by atoms with Gasteiger partial charge in [0.1, 0.15) is 0 Å². The Labute approximate surface area is 487 Å². The summed E-state index contributed by atoms with van der Waals surface area (Å²) in [6.07, 6.45) is -5.03. The predicted octanol–water partition coefficient (Wildman–Crippen LogP) is 16.0. The van der Waals surface area contributed by atoms with Gasteiger partial charge in [-0.25, -0.2) is 0 Å². The molecule has 10 aromatic carbocycles. The molecule has 86 heavy (non-hydrogen) atoms. The molecule has 0 unspecified atom stereocenters. The minimum atomic E-state index is -5.03. The van der Waals surface area contributed by atoms with Gasteiger partial charge in [-0.05, 0) is 166 Å². The van der Waals surface area contributed by atoms with Gasteiger partial charge >= 0.3 is 6.18 Å². The fourth-order valence-electron chi connectivity index (χ4n) is 11.4. The number of nitrogens with zero attached hydrogens (tertiary/aromatic N) is 12. The van der Waals surface area contributed by atoms with Crippen LogP contribution in [0.15, 0.2) is 176 Å². The first-order valence-corrected chi connectivity index (χ1v) is 25.9. The van der Waals surface area contributed by atoms with Crippen LogP contribution in [0.4, 0.5) is 13.2 Å². The average molecular weight is 1110 g/mol. The summed E-state index contributed by atoms with van der Waals surface area (Å²) in [5, 5.41) is 105. The number of hydrogen-bond acceptors (Lipinski definition) is 10. The summed E-state index contributed by atoms with van der Waals surface area (Å²) in [7, 11) is 0. The lowest BCUT2D eigenvalue weighted by Gasteiger charge is -2.22. The molecule has 2 heterocycles. The lowest BCUT2D eigenvalue weighted by Crippen LogP contribution is -2.10.